The highest BCUT2D eigenvalue weighted by molar-refractivity contribution is 6.06. The number of nitrogens with one attached hydrogen (secondary N) is 2. The van der Waals surface area contributed by atoms with Crippen LogP contribution in [-0.4, -0.2) is 16.0 Å². The van der Waals surface area contributed by atoms with E-state index in [-0.39, 0.29) is 16.8 Å². The average molecular weight is 399 g/mol. The van der Waals surface area contributed by atoms with E-state index in [1.54, 1.807) is 45.0 Å². The molecule has 0 unspecified atom stereocenters. The SMILES string of the molecule is [2H]C([2H])([2H])C(C)(c1cc(C(C)(C)C)c(NC(=O)c2c[nH]c3ccccc3c2=O)cc1O)C([2H])([2H])[2H]. The van der Waals surface area contributed by atoms with Crippen LogP contribution in [0.25, 0.3) is 10.9 Å². The van der Waals surface area contributed by atoms with E-state index in [2.05, 4.69) is 10.3 Å². The van der Waals surface area contributed by atoms with Crippen molar-refractivity contribution < 1.29 is 18.1 Å². The van der Waals surface area contributed by atoms with E-state index in [0.29, 0.717) is 16.5 Å². The number of aromatic amines is 1. The molecule has 152 valence electrons. The second kappa shape index (κ2) is 7.07. The van der Waals surface area contributed by atoms with E-state index in [0.717, 1.165) is 13.0 Å². The third-order valence-corrected chi connectivity index (χ3v) is 4.76. The summed E-state index contributed by atoms with van der Waals surface area (Å²) < 4.78 is 47.5. The molecule has 3 N–H and O–H groups in total. The van der Waals surface area contributed by atoms with Gasteiger partial charge in [0.25, 0.3) is 5.91 Å². The molecule has 0 saturated carbocycles. The highest BCUT2D eigenvalue weighted by Crippen LogP contribution is 2.39. The van der Waals surface area contributed by atoms with E-state index >= 15 is 0 Å². The number of aromatic hydroxyl groups is 1. The number of H-pyrrole nitrogens is 1. The van der Waals surface area contributed by atoms with Crippen molar-refractivity contribution in [3.05, 3.63) is 69.5 Å². The fraction of sp³-hybridized carbons (Fsp3) is 0.333. The van der Waals surface area contributed by atoms with Gasteiger partial charge in [-0.15, -0.1) is 0 Å². The molecular formula is C24H28N2O3. The summed E-state index contributed by atoms with van der Waals surface area (Å²) in [6, 6.07) is 9.19. The molecule has 0 radical (unpaired) electrons. The minimum absolute atomic E-state index is 0.134. The first kappa shape index (κ1) is 14.0. The lowest BCUT2D eigenvalue weighted by atomic mass is 9.79. The van der Waals surface area contributed by atoms with Gasteiger partial charge in [-0.05, 0) is 40.2 Å². The first-order valence-corrected chi connectivity index (χ1v) is 9.19. The summed E-state index contributed by atoms with van der Waals surface area (Å²) in [5.74, 6) is -1.32. The van der Waals surface area contributed by atoms with Crippen molar-refractivity contribution in [3.63, 3.8) is 0 Å². The number of pyridine rings is 1. The molecule has 0 bridgehead atoms. The van der Waals surface area contributed by atoms with Crippen molar-refractivity contribution in [3.8, 4) is 5.75 Å². The number of hydrogen-bond acceptors (Lipinski definition) is 3. The first-order valence-electron chi connectivity index (χ1n) is 12.2. The zero-order chi connectivity index (χ0) is 26.6. The number of fused-ring (bicyclic) bond motifs is 1. The average Bonchev–Trinajstić information content (AvgIpc) is 2.71. The van der Waals surface area contributed by atoms with E-state index in [1.807, 2.05) is 0 Å². The highest BCUT2D eigenvalue weighted by atomic mass is 16.3. The van der Waals surface area contributed by atoms with Gasteiger partial charge in [-0.3, -0.25) is 9.59 Å². The number of carbonyl (C=O) groups excluding carboxylic acids is 1. The third-order valence-electron chi connectivity index (χ3n) is 4.76. The maximum Gasteiger partial charge on any atom is 0.261 e. The number of para-hydroxylation sites is 1. The number of rotatable bonds is 2. The Labute approximate surface area is 179 Å². The molecule has 3 rings (SSSR count). The Morgan fingerprint density at radius 2 is 1.76 bits per heavy atom. The molecule has 5 heteroatoms. The summed E-state index contributed by atoms with van der Waals surface area (Å²) in [6.45, 7) is 0.528. The van der Waals surface area contributed by atoms with Crippen LogP contribution in [0.15, 0.2) is 47.4 Å². The van der Waals surface area contributed by atoms with Gasteiger partial charge >= 0.3 is 0 Å². The molecule has 0 fully saturated rings. The normalized spacial score (nSPS) is 16.1. The molecule has 1 aromatic heterocycles. The monoisotopic (exact) mass is 398 g/mol. The highest BCUT2D eigenvalue weighted by Gasteiger charge is 2.26. The smallest absolute Gasteiger partial charge is 0.261 e. The van der Waals surface area contributed by atoms with Crippen LogP contribution >= 0.6 is 0 Å². The van der Waals surface area contributed by atoms with Gasteiger partial charge in [0.1, 0.15) is 11.3 Å². The standard InChI is InChI=1S/C24H28N2O3/c1-23(2,3)16-11-17(24(4,5)6)20(27)12-19(16)26-22(29)15-13-25-18-10-8-7-9-14(18)21(15)28/h7-13,27H,1-6H3,(H,25,28)(H,26,29)/i4D3,5D3. The largest absolute Gasteiger partial charge is 0.508 e. The van der Waals surface area contributed by atoms with Crippen LogP contribution in [0.5, 0.6) is 5.75 Å². The Balaban J connectivity index is 2.18. The Bertz CT molecular complexity index is 1340. The zero-order valence-corrected chi connectivity index (χ0v) is 16.8. The van der Waals surface area contributed by atoms with E-state index < -0.39 is 41.6 Å². The zero-order valence-electron chi connectivity index (χ0n) is 22.8. The van der Waals surface area contributed by atoms with E-state index in [4.69, 9.17) is 8.22 Å². The molecule has 0 aliphatic heterocycles. The Morgan fingerprint density at radius 1 is 1.07 bits per heavy atom. The lowest BCUT2D eigenvalue weighted by Gasteiger charge is -2.28. The summed E-state index contributed by atoms with van der Waals surface area (Å²) in [6.07, 6.45) is 1.30. The molecule has 1 amide bonds. The molecule has 0 atom stereocenters. The van der Waals surface area contributed by atoms with Gasteiger partial charge in [-0.25, -0.2) is 0 Å². The minimum Gasteiger partial charge on any atom is -0.508 e. The van der Waals surface area contributed by atoms with E-state index in [1.165, 1.54) is 12.3 Å². The maximum absolute atomic E-state index is 13.1. The van der Waals surface area contributed by atoms with Crippen molar-refractivity contribution in [1.29, 1.82) is 0 Å². The van der Waals surface area contributed by atoms with Crippen LogP contribution in [0, 0.1) is 0 Å². The number of phenolic OH excluding ortho intramolecular Hbond substituents is 1. The lowest BCUT2D eigenvalue weighted by molar-refractivity contribution is 0.102. The summed E-state index contributed by atoms with van der Waals surface area (Å²) in [5, 5.41) is 13.8. The predicted molar refractivity (Wildman–Crippen MR) is 118 cm³/mol. The summed E-state index contributed by atoms with van der Waals surface area (Å²) in [4.78, 5) is 28.8. The van der Waals surface area contributed by atoms with Crippen molar-refractivity contribution >= 4 is 22.5 Å². The summed E-state index contributed by atoms with van der Waals surface area (Å²) in [7, 11) is 0. The number of benzene rings is 2. The summed E-state index contributed by atoms with van der Waals surface area (Å²) >= 11 is 0. The third kappa shape index (κ3) is 4.04. The Morgan fingerprint density at radius 3 is 2.41 bits per heavy atom. The molecule has 0 aliphatic rings. The van der Waals surface area contributed by atoms with Crippen LogP contribution in [0.3, 0.4) is 0 Å². The minimum atomic E-state index is -2.96. The molecule has 0 spiro atoms. The van der Waals surface area contributed by atoms with Gasteiger partial charge < -0.3 is 15.4 Å². The fourth-order valence-corrected chi connectivity index (χ4v) is 3.24. The van der Waals surface area contributed by atoms with Crippen LogP contribution in [0.2, 0.25) is 0 Å². The Hall–Kier alpha value is -3.08. The Kier molecular flexibility index (Phi) is 3.41. The second-order valence-corrected chi connectivity index (χ2v) is 8.32. The van der Waals surface area contributed by atoms with E-state index in [9.17, 15) is 14.7 Å². The number of hydrogen-bond donors (Lipinski definition) is 3. The number of carbonyl (C=O) groups is 1. The molecular weight excluding hydrogens is 364 g/mol. The molecule has 29 heavy (non-hydrogen) atoms. The van der Waals surface area contributed by atoms with Gasteiger partial charge in [-0.2, -0.15) is 0 Å². The molecule has 0 saturated heterocycles. The van der Waals surface area contributed by atoms with Gasteiger partial charge in [0.05, 0.1) is 0 Å². The number of phenols is 1. The van der Waals surface area contributed by atoms with Crippen LogP contribution in [-0.2, 0) is 10.8 Å². The van der Waals surface area contributed by atoms with Crippen LogP contribution in [0.4, 0.5) is 5.69 Å². The fourth-order valence-electron chi connectivity index (χ4n) is 3.24. The molecule has 2 aromatic carbocycles. The van der Waals surface area contributed by atoms with Gasteiger partial charge in [-0.1, -0.05) is 53.5 Å². The van der Waals surface area contributed by atoms with Crippen LogP contribution in [0.1, 0.15) is 71.1 Å². The quantitative estimate of drug-likeness (QED) is 0.563. The van der Waals surface area contributed by atoms with Gasteiger partial charge in [0, 0.05) is 37.1 Å². The van der Waals surface area contributed by atoms with Crippen molar-refractivity contribution in [1.82, 2.24) is 4.98 Å². The number of aromatic nitrogens is 1. The number of amides is 1. The number of anilines is 1. The van der Waals surface area contributed by atoms with Crippen molar-refractivity contribution in [2.24, 2.45) is 0 Å². The lowest BCUT2D eigenvalue weighted by Crippen LogP contribution is -2.25. The maximum atomic E-state index is 13.1. The topological polar surface area (TPSA) is 82.2 Å². The first-order chi connectivity index (χ1) is 15.9. The van der Waals surface area contributed by atoms with Crippen LogP contribution < -0.4 is 10.7 Å². The predicted octanol–water partition coefficient (Wildman–Crippen LogP) is 5.08. The van der Waals surface area contributed by atoms with Gasteiger partial charge in [0.2, 0.25) is 5.43 Å². The van der Waals surface area contributed by atoms with Crippen molar-refractivity contribution in [2.75, 3.05) is 5.32 Å². The molecule has 3 aromatic rings. The van der Waals surface area contributed by atoms with Crippen molar-refractivity contribution in [2.45, 2.75) is 52.2 Å². The molecule has 5 nitrogen and oxygen atoms in total. The summed E-state index contributed by atoms with van der Waals surface area (Å²) in [5.41, 5.74) is -2.86. The molecule has 0 aliphatic carbocycles. The second-order valence-electron chi connectivity index (χ2n) is 8.32. The molecule has 1 heterocycles. The van der Waals surface area contributed by atoms with Gasteiger partial charge in [0.15, 0.2) is 0 Å².